The summed E-state index contributed by atoms with van der Waals surface area (Å²) in [6, 6.07) is 5.92. The third-order valence-corrected chi connectivity index (χ3v) is 4.02. The Labute approximate surface area is 137 Å². The van der Waals surface area contributed by atoms with Crippen LogP contribution in [0.25, 0.3) is 0 Å². The number of hydrogen-bond donors (Lipinski definition) is 1. The predicted octanol–water partition coefficient (Wildman–Crippen LogP) is 3.36. The average Bonchev–Trinajstić information content (AvgIpc) is 2.95. The van der Waals surface area contributed by atoms with E-state index in [1.807, 2.05) is 6.92 Å². The first-order valence-electron chi connectivity index (χ1n) is 7.92. The van der Waals surface area contributed by atoms with Crippen molar-refractivity contribution in [1.82, 2.24) is 20.1 Å². The SMILES string of the molecule is C[C@H](NCc1cccc(OC(F)(F)F)c1)c1nnc2n1CCCC2. The number of hydrogen-bond acceptors (Lipinski definition) is 4. The molecule has 1 aromatic carbocycles. The number of nitrogens with one attached hydrogen (secondary N) is 1. The second kappa shape index (κ2) is 6.80. The van der Waals surface area contributed by atoms with Crippen LogP contribution in [-0.2, 0) is 19.5 Å². The van der Waals surface area contributed by atoms with Crippen LogP contribution < -0.4 is 10.1 Å². The summed E-state index contributed by atoms with van der Waals surface area (Å²) in [6.07, 6.45) is -1.50. The number of aromatic nitrogens is 3. The smallest absolute Gasteiger partial charge is 0.406 e. The zero-order valence-electron chi connectivity index (χ0n) is 13.3. The number of aryl methyl sites for hydroxylation is 1. The van der Waals surface area contributed by atoms with E-state index in [9.17, 15) is 13.2 Å². The van der Waals surface area contributed by atoms with Crippen LogP contribution >= 0.6 is 0 Å². The summed E-state index contributed by atoms with van der Waals surface area (Å²) >= 11 is 0. The molecule has 0 bridgehead atoms. The maximum Gasteiger partial charge on any atom is 0.573 e. The molecule has 0 saturated heterocycles. The van der Waals surface area contributed by atoms with Gasteiger partial charge < -0.3 is 14.6 Å². The van der Waals surface area contributed by atoms with Gasteiger partial charge in [-0.2, -0.15) is 0 Å². The number of rotatable bonds is 5. The molecule has 1 aromatic heterocycles. The van der Waals surface area contributed by atoms with Crippen LogP contribution in [0.2, 0.25) is 0 Å². The van der Waals surface area contributed by atoms with E-state index in [0.29, 0.717) is 12.1 Å². The third-order valence-electron chi connectivity index (χ3n) is 4.02. The van der Waals surface area contributed by atoms with Crippen LogP contribution in [-0.4, -0.2) is 21.1 Å². The molecule has 1 aliphatic heterocycles. The summed E-state index contributed by atoms with van der Waals surface area (Å²) in [7, 11) is 0. The minimum absolute atomic E-state index is 0.0449. The van der Waals surface area contributed by atoms with Crippen LogP contribution in [0.3, 0.4) is 0 Å². The van der Waals surface area contributed by atoms with Gasteiger partial charge in [-0.15, -0.1) is 23.4 Å². The minimum atomic E-state index is -4.68. The van der Waals surface area contributed by atoms with Gasteiger partial charge in [0.15, 0.2) is 0 Å². The number of alkyl halides is 3. The number of halogens is 3. The van der Waals surface area contributed by atoms with Gasteiger partial charge in [-0.25, -0.2) is 0 Å². The summed E-state index contributed by atoms with van der Waals surface area (Å²) in [5.41, 5.74) is 0.710. The fraction of sp³-hybridized carbons (Fsp3) is 0.500. The van der Waals surface area contributed by atoms with Gasteiger partial charge >= 0.3 is 6.36 Å². The quantitative estimate of drug-likeness (QED) is 0.907. The van der Waals surface area contributed by atoms with E-state index in [2.05, 4.69) is 24.8 Å². The number of nitrogens with zero attached hydrogens (tertiary/aromatic N) is 3. The molecule has 0 amide bonds. The van der Waals surface area contributed by atoms with Gasteiger partial charge in [-0.1, -0.05) is 12.1 Å². The Morgan fingerprint density at radius 3 is 2.92 bits per heavy atom. The van der Waals surface area contributed by atoms with Crippen molar-refractivity contribution < 1.29 is 17.9 Å². The summed E-state index contributed by atoms with van der Waals surface area (Å²) in [6.45, 7) is 3.30. The summed E-state index contributed by atoms with van der Waals surface area (Å²) in [5, 5.41) is 11.7. The molecule has 0 saturated carbocycles. The van der Waals surface area contributed by atoms with E-state index in [1.165, 1.54) is 12.1 Å². The maximum absolute atomic E-state index is 12.3. The molecular weight excluding hydrogens is 321 g/mol. The molecule has 0 spiro atoms. The molecular formula is C16H19F3N4O. The Hall–Kier alpha value is -2.09. The second-order valence-electron chi connectivity index (χ2n) is 5.88. The van der Waals surface area contributed by atoms with E-state index in [4.69, 9.17) is 0 Å². The van der Waals surface area contributed by atoms with E-state index in [-0.39, 0.29) is 11.8 Å². The van der Waals surface area contributed by atoms with Crippen LogP contribution in [0.1, 0.15) is 43.0 Å². The van der Waals surface area contributed by atoms with E-state index < -0.39 is 6.36 Å². The van der Waals surface area contributed by atoms with Crippen molar-refractivity contribution in [2.45, 2.75) is 51.7 Å². The van der Waals surface area contributed by atoms with E-state index in [0.717, 1.165) is 37.5 Å². The van der Waals surface area contributed by atoms with E-state index in [1.54, 1.807) is 12.1 Å². The molecule has 24 heavy (non-hydrogen) atoms. The van der Waals surface area contributed by atoms with Gasteiger partial charge in [0, 0.05) is 19.5 Å². The number of benzene rings is 1. The fourth-order valence-corrected chi connectivity index (χ4v) is 2.87. The molecule has 0 radical (unpaired) electrons. The highest BCUT2D eigenvalue weighted by Gasteiger charge is 2.31. The first-order chi connectivity index (χ1) is 11.4. The van der Waals surface area contributed by atoms with Crippen molar-refractivity contribution in [1.29, 1.82) is 0 Å². The molecule has 0 unspecified atom stereocenters. The highest BCUT2D eigenvalue weighted by molar-refractivity contribution is 5.28. The van der Waals surface area contributed by atoms with Gasteiger partial charge in [0.05, 0.1) is 6.04 Å². The maximum atomic E-state index is 12.3. The van der Waals surface area contributed by atoms with Crippen LogP contribution in [0.15, 0.2) is 24.3 Å². The molecule has 0 aliphatic carbocycles. The average molecular weight is 340 g/mol. The van der Waals surface area contributed by atoms with Crippen LogP contribution in [0.5, 0.6) is 5.75 Å². The van der Waals surface area contributed by atoms with Gasteiger partial charge in [-0.05, 0) is 37.5 Å². The Kier molecular flexibility index (Phi) is 4.75. The lowest BCUT2D eigenvalue weighted by molar-refractivity contribution is -0.274. The lowest BCUT2D eigenvalue weighted by Crippen LogP contribution is -2.23. The Balaban J connectivity index is 1.63. The second-order valence-corrected chi connectivity index (χ2v) is 5.88. The Morgan fingerprint density at radius 2 is 2.12 bits per heavy atom. The lowest BCUT2D eigenvalue weighted by atomic mass is 10.1. The Morgan fingerprint density at radius 1 is 1.29 bits per heavy atom. The van der Waals surface area contributed by atoms with E-state index >= 15 is 0 Å². The topological polar surface area (TPSA) is 52.0 Å². The normalized spacial score (nSPS) is 15.8. The fourth-order valence-electron chi connectivity index (χ4n) is 2.87. The zero-order valence-corrected chi connectivity index (χ0v) is 13.3. The molecule has 1 N–H and O–H groups in total. The molecule has 2 heterocycles. The highest BCUT2D eigenvalue weighted by Crippen LogP contribution is 2.24. The van der Waals surface area contributed by atoms with Gasteiger partial charge in [0.1, 0.15) is 17.4 Å². The summed E-state index contributed by atoms with van der Waals surface area (Å²) < 4.78 is 42.9. The predicted molar refractivity (Wildman–Crippen MR) is 81.3 cm³/mol. The molecule has 3 rings (SSSR count). The van der Waals surface area contributed by atoms with Crippen LogP contribution in [0, 0.1) is 0 Å². The van der Waals surface area contributed by atoms with Gasteiger partial charge in [-0.3, -0.25) is 0 Å². The number of ether oxygens (including phenoxy) is 1. The molecule has 5 nitrogen and oxygen atoms in total. The van der Waals surface area contributed by atoms with Crippen molar-refractivity contribution in [3.8, 4) is 5.75 Å². The molecule has 0 fully saturated rings. The molecule has 2 aromatic rings. The van der Waals surface area contributed by atoms with Gasteiger partial charge in [0.25, 0.3) is 0 Å². The molecule has 130 valence electrons. The standard InChI is InChI=1S/C16H19F3N4O/c1-11(15-22-21-14-7-2-3-8-23(14)15)20-10-12-5-4-6-13(9-12)24-16(17,18)19/h4-6,9,11,20H,2-3,7-8,10H2,1H3/t11-/m0/s1. The largest absolute Gasteiger partial charge is 0.573 e. The van der Waals surface area contributed by atoms with Gasteiger partial charge in [0.2, 0.25) is 0 Å². The van der Waals surface area contributed by atoms with Crippen molar-refractivity contribution in [3.05, 3.63) is 41.5 Å². The molecule has 1 aliphatic rings. The first-order valence-corrected chi connectivity index (χ1v) is 7.92. The molecule has 1 atom stereocenters. The summed E-state index contributed by atoms with van der Waals surface area (Å²) in [5.74, 6) is 1.66. The van der Waals surface area contributed by atoms with Crippen molar-refractivity contribution in [2.75, 3.05) is 0 Å². The highest BCUT2D eigenvalue weighted by atomic mass is 19.4. The van der Waals surface area contributed by atoms with Crippen molar-refractivity contribution in [2.24, 2.45) is 0 Å². The minimum Gasteiger partial charge on any atom is -0.406 e. The first kappa shape index (κ1) is 16.8. The number of fused-ring (bicyclic) bond motifs is 1. The zero-order chi connectivity index (χ0) is 17.2. The lowest BCUT2D eigenvalue weighted by Gasteiger charge is -2.19. The van der Waals surface area contributed by atoms with Crippen molar-refractivity contribution in [3.63, 3.8) is 0 Å². The Bertz CT molecular complexity index is 699. The summed E-state index contributed by atoms with van der Waals surface area (Å²) in [4.78, 5) is 0. The van der Waals surface area contributed by atoms with Crippen molar-refractivity contribution >= 4 is 0 Å². The van der Waals surface area contributed by atoms with Crippen LogP contribution in [0.4, 0.5) is 13.2 Å². The third kappa shape index (κ3) is 4.05. The molecule has 8 heteroatoms. The monoisotopic (exact) mass is 340 g/mol.